The Morgan fingerprint density at radius 2 is 2.00 bits per heavy atom. The zero-order chi connectivity index (χ0) is 13.1. The largest absolute Gasteiger partial charge is 0.241 e. The highest BCUT2D eigenvalue weighted by atomic mass is 79.9. The number of halogens is 2. The van der Waals surface area contributed by atoms with E-state index < -0.39 is 10.0 Å². The van der Waals surface area contributed by atoms with Crippen molar-refractivity contribution in [1.82, 2.24) is 4.72 Å². The van der Waals surface area contributed by atoms with Crippen molar-refractivity contribution < 1.29 is 8.42 Å². The van der Waals surface area contributed by atoms with E-state index in [0.717, 1.165) is 17.3 Å². The first-order chi connectivity index (χ1) is 7.86. The predicted molar refractivity (Wildman–Crippen MR) is 76.5 cm³/mol. The Labute approximate surface area is 119 Å². The predicted octanol–water partition coefficient (Wildman–Crippen LogP) is 3.68. The summed E-state index contributed by atoms with van der Waals surface area (Å²) in [5, 5.41) is 0. The van der Waals surface area contributed by atoms with Gasteiger partial charge in [0.25, 0.3) is 0 Å². The number of hydrogen-bond donors (Lipinski definition) is 1. The fraction of sp³-hybridized carbons (Fsp3) is 0.455. The number of rotatable bonds is 5. The molecule has 0 saturated carbocycles. The van der Waals surface area contributed by atoms with Crippen LogP contribution in [0.4, 0.5) is 0 Å². The van der Waals surface area contributed by atoms with Crippen LogP contribution in [0.2, 0.25) is 0 Å². The van der Waals surface area contributed by atoms with Crippen molar-refractivity contribution in [2.75, 3.05) is 0 Å². The lowest BCUT2D eigenvalue weighted by molar-refractivity contribution is 0.543. The van der Waals surface area contributed by atoms with Crippen LogP contribution in [0, 0.1) is 0 Å². The normalized spacial score (nSPS) is 13.6. The van der Waals surface area contributed by atoms with Crippen LogP contribution in [-0.4, -0.2) is 14.5 Å². The molecule has 1 atom stereocenters. The second kappa shape index (κ2) is 6.31. The number of nitrogens with one attached hydrogen (secondary N) is 1. The van der Waals surface area contributed by atoms with Gasteiger partial charge in [-0.05, 0) is 47.5 Å². The van der Waals surface area contributed by atoms with Gasteiger partial charge in [0.15, 0.2) is 0 Å². The summed E-state index contributed by atoms with van der Waals surface area (Å²) >= 11 is 6.53. The second-order valence-corrected chi connectivity index (χ2v) is 7.34. The molecule has 0 heterocycles. The Balaban J connectivity index is 3.01. The third-order valence-electron chi connectivity index (χ3n) is 2.26. The smallest absolute Gasteiger partial charge is 0.208 e. The zero-order valence-corrected chi connectivity index (χ0v) is 13.7. The van der Waals surface area contributed by atoms with Crippen molar-refractivity contribution in [1.29, 1.82) is 0 Å². The van der Waals surface area contributed by atoms with Gasteiger partial charge in [-0.15, -0.1) is 0 Å². The van der Waals surface area contributed by atoms with Gasteiger partial charge in [-0.3, -0.25) is 0 Å². The zero-order valence-electron chi connectivity index (χ0n) is 9.70. The van der Waals surface area contributed by atoms with Gasteiger partial charge in [0, 0.05) is 15.0 Å². The molecule has 0 aliphatic heterocycles. The molecule has 17 heavy (non-hydrogen) atoms. The van der Waals surface area contributed by atoms with E-state index in [0.29, 0.717) is 4.47 Å². The summed E-state index contributed by atoms with van der Waals surface area (Å²) in [5.41, 5.74) is 0. The summed E-state index contributed by atoms with van der Waals surface area (Å²) < 4.78 is 28.2. The Hall–Kier alpha value is 0.0900. The third kappa shape index (κ3) is 4.35. The third-order valence-corrected chi connectivity index (χ3v) is 5.34. The monoisotopic (exact) mass is 383 g/mol. The maximum atomic E-state index is 12.1. The van der Waals surface area contributed by atoms with E-state index in [2.05, 4.69) is 36.6 Å². The highest BCUT2D eigenvalue weighted by molar-refractivity contribution is 9.11. The maximum absolute atomic E-state index is 12.1. The lowest BCUT2D eigenvalue weighted by atomic mass is 10.2. The summed E-state index contributed by atoms with van der Waals surface area (Å²) in [6.07, 6.45) is 1.77. The SMILES string of the molecule is CCC[C@H](C)NS(=O)(=O)c1cc(Br)ccc1Br. The van der Waals surface area contributed by atoms with Crippen LogP contribution < -0.4 is 4.72 Å². The number of benzene rings is 1. The first-order valence-corrected chi connectivity index (χ1v) is 8.41. The molecule has 0 aliphatic carbocycles. The molecular formula is C11H15Br2NO2S. The van der Waals surface area contributed by atoms with E-state index in [9.17, 15) is 8.42 Å². The van der Waals surface area contributed by atoms with E-state index >= 15 is 0 Å². The molecule has 6 heteroatoms. The quantitative estimate of drug-likeness (QED) is 0.841. The Morgan fingerprint density at radius 3 is 2.59 bits per heavy atom. The van der Waals surface area contributed by atoms with E-state index in [-0.39, 0.29) is 10.9 Å². The summed E-state index contributed by atoms with van der Waals surface area (Å²) in [5.74, 6) is 0. The van der Waals surface area contributed by atoms with Crippen LogP contribution in [0.3, 0.4) is 0 Å². The van der Waals surface area contributed by atoms with Crippen molar-refractivity contribution in [3.8, 4) is 0 Å². The summed E-state index contributed by atoms with van der Waals surface area (Å²) in [7, 11) is -3.46. The topological polar surface area (TPSA) is 46.2 Å². The summed E-state index contributed by atoms with van der Waals surface area (Å²) in [4.78, 5) is 0.259. The van der Waals surface area contributed by atoms with Gasteiger partial charge in [0.1, 0.15) is 0 Å². The first-order valence-electron chi connectivity index (χ1n) is 5.34. The molecule has 0 radical (unpaired) electrons. The minimum atomic E-state index is -3.46. The fourth-order valence-corrected chi connectivity index (χ4v) is 4.28. The molecule has 0 aromatic heterocycles. The van der Waals surface area contributed by atoms with Gasteiger partial charge in [0.2, 0.25) is 10.0 Å². The van der Waals surface area contributed by atoms with Crippen molar-refractivity contribution in [2.24, 2.45) is 0 Å². The Kier molecular flexibility index (Phi) is 5.63. The van der Waals surface area contributed by atoms with E-state index in [4.69, 9.17) is 0 Å². The lowest BCUT2D eigenvalue weighted by Gasteiger charge is -2.14. The standard InChI is InChI=1S/C11H15Br2NO2S/c1-3-4-8(2)14-17(15,16)11-7-9(12)5-6-10(11)13/h5-8,14H,3-4H2,1-2H3/t8-/m0/s1. The van der Waals surface area contributed by atoms with Gasteiger partial charge >= 0.3 is 0 Å². The molecule has 0 amide bonds. The lowest BCUT2D eigenvalue weighted by Crippen LogP contribution is -2.32. The van der Waals surface area contributed by atoms with Crippen LogP contribution in [0.1, 0.15) is 26.7 Å². The van der Waals surface area contributed by atoms with E-state index in [1.54, 1.807) is 18.2 Å². The molecule has 1 aromatic carbocycles. The van der Waals surface area contributed by atoms with Crippen molar-refractivity contribution in [2.45, 2.75) is 37.6 Å². The van der Waals surface area contributed by atoms with Crippen LogP contribution >= 0.6 is 31.9 Å². The Bertz CT molecular complexity index is 488. The average Bonchev–Trinajstić information content (AvgIpc) is 2.21. The van der Waals surface area contributed by atoms with Gasteiger partial charge in [-0.25, -0.2) is 13.1 Å². The molecule has 96 valence electrons. The molecule has 3 nitrogen and oxygen atoms in total. The van der Waals surface area contributed by atoms with E-state index in [1.807, 2.05) is 13.8 Å². The number of sulfonamides is 1. The molecule has 1 N–H and O–H groups in total. The van der Waals surface area contributed by atoms with Crippen LogP contribution in [0.25, 0.3) is 0 Å². The minimum absolute atomic E-state index is 0.0594. The second-order valence-electron chi connectivity index (χ2n) is 3.89. The maximum Gasteiger partial charge on any atom is 0.241 e. The van der Waals surface area contributed by atoms with Gasteiger partial charge in [0.05, 0.1) is 4.90 Å². The molecule has 0 aliphatic rings. The van der Waals surface area contributed by atoms with Crippen LogP contribution in [0.5, 0.6) is 0 Å². The highest BCUT2D eigenvalue weighted by Gasteiger charge is 2.20. The molecule has 1 rings (SSSR count). The first kappa shape index (κ1) is 15.1. The van der Waals surface area contributed by atoms with Gasteiger partial charge < -0.3 is 0 Å². The molecule has 1 aromatic rings. The number of hydrogen-bond acceptors (Lipinski definition) is 2. The Morgan fingerprint density at radius 1 is 1.35 bits per heavy atom. The van der Waals surface area contributed by atoms with Gasteiger partial charge in [-0.2, -0.15) is 0 Å². The van der Waals surface area contributed by atoms with Crippen LogP contribution in [0.15, 0.2) is 32.0 Å². The molecule has 0 bridgehead atoms. The van der Waals surface area contributed by atoms with Crippen molar-refractivity contribution in [3.63, 3.8) is 0 Å². The summed E-state index contributed by atoms with van der Waals surface area (Å²) in [6, 6.07) is 5.03. The molecule has 0 spiro atoms. The van der Waals surface area contributed by atoms with Crippen LogP contribution in [-0.2, 0) is 10.0 Å². The summed E-state index contributed by atoms with van der Waals surface area (Å²) in [6.45, 7) is 3.90. The minimum Gasteiger partial charge on any atom is -0.208 e. The van der Waals surface area contributed by atoms with E-state index in [1.165, 1.54) is 0 Å². The molecule has 0 saturated heterocycles. The highest BCUT2D eigenvalue weighted by Crippen LogP contribution is 2.25. The average molecular weight is 385 g/mol. The molecule has 0 unspecified atom stereocenters. The molecular weight excluding hydrogens is 370 g/mol. The molecule has 0 fully saturated rings. The van der Waals surface area contributed by atoms with Crippen molar-refractivity contribution >= 4 is 41.9 Å². The fourth-order valence-electron chi connectivity index (χ4n) is 1.50. The van der Waals surface area contributed by atoms with Crippen molar-refractivity contribution in [3.05, 3.63) is 27.1 Å². The van der Waals surface area contributed by atoms with Gasteiger partial charge in [-0.1, -0.05) is 29.3 Å².